The summed E-state index contributed by atoms with van der Waals surface area (Å²) in [5.74, 6) is 2.16. The molecular formula is C23H35IN4O2. The number of benzene rings is 2. The first-order chi connectivity index (χ1) is 14.1. The van der Waals surface area contributed by atoms with Gasteiger partial charge in [-0.15, -0.1) is 24.0 Å². The molecule has 2 N–H and O–H groups in total. The number of methoxy groups -OCH3 is 1. The Bertz CT molecular complexity index is 799. The third kappa shape index (κ3) is 8.39. The van der Waals surface area contributed by atoms with E-state index in [0.717, 1.165) is 37.0 Å². The highest BCUT2D eigenvalue weighted by molar-refractivity contribution is 14.0. The van der Waals surface area contributed by atoms with E-state index in [0.29, 0.717) is 18.9 Å². The Morgan fingerprint density at radius 1 is 1.03 bits per heavy atom. The van der Waals surface area contributed by atoms with Crippen LogP contribution in [0.15, 0.2) is 47.5 Å². The van der Waals surface area contributed by atoms with Crippen LogP contribution in [0.25, 0.3) is 0 Å². The Morgan fingerprint density at radius 2 is 1.80 bits per heavy atom. The molecular weight excluding hydrogens is 491 g/mol. The Morgan fingerprint density at radius 3 is 2.47 bits per heavy atom. The summed E-state index contributed by atoms with van der Waals surface area (Å²) in [6.45, 7) is 10.1. The van der Waals surface area contributed by atoms with E-state index in [-0.39, 0.29) is 24.0 Å². The van der Waals surface area contributed by atoms with Crippen molar-refractivity contribution in [2.45, 2.75) is 33.9 Å². The number of rotatable bonds is 10. The molecule has 6 nitrogen and oxygen atoms in total. The first kappa shape index (κ1) is 26.0. The van der Waals surface area contributed by atoms with Gasteiger partial charge < -0.3 is 25.0 Å². The second-order valence-electron chi connectivity index (χ2n) is 6.77. The lowest BCUT2D eigenvalue weighted by Gasteiger charge is -2.15. The van der Waals surface area contributed by atoms with Crippen LogP contribution in [0.3, 0.4) is 0 Å². The van der Waals surface area contributed by atoms with Gasteiger partial charge in [0.15, 0.2) is 17.5 Å². The molecule has 7 heteroatoms. The molecule has 0 aromatic heterocycles. The molecule has 166 valence electrons. The van der Waals surface area contributed by atoms with Crippen molar-refractivity contribution in [2.75, 3.05) is 39.2 Å². The van der Waals surface area contributed by atoms with Crippen molar-refractivity contribution in [3.8, 4) is 11.5 Å². The van der Waals surface area contributed by atoms with E-state index in [2.05, 4.69) is 60.7 Å². The zero-order valence-electron chi connectivity index (χ0n) is 18.7. The van der Waals surface area contributed by atoms with Crippen LogP contribution < -0.4 is 20.1 Å². The average Bonchev–Trinajstić information content (AvgIpc) is 2.73. The highest BCUT2D eigenvalue weighted by Crippen LogP contribution is 2.30. The molecule has 0 atom stereocenters. The van der Waals surface area contributed by atoms with Crippen LogP contribution in [-0.2, 0) is 13.1 Å². The van der Waals surface area contributed by atoms with E-state index < -0.39 is 0 Å². The van der Waals surface area contributed by atoms with Gasteiger partial charge in [-0.05, 0) is 50.7 Å². The van der Waals surface area contributed by atoms with Crippen molar-refractivity contribution in [2.24, 2.45) is 4.99 Å². The van der Waals surface area contributed by atoms with Crippen LogP contribution >= 0.6 is 24.0 Å². The second kappa shape index (κ2) is 14.1. The van der Waals surface area contributed by atoms with Crippen LogP contribution in [0.2, 0.25) is 0 Å². The van der Waals surface area contributed by atoms with Gasteiger partial charge >= 0.3 is 0 Å². The maximum Gasteiger partial charge on any atom is 0.196 e. The number of hydrogen-bond donors (Lipinski definition) is 2. The second-order valence-corrected chi connectivity index (χ2v) is 6.77. The topological polar surface area (TPSA) is 58.1 Å². The molecule has 0 amide bonds. The normalized spacial score (nSPS) is 11.1. The molecule has 2 rings (SSSR count). The highest BCUT2D eigenvalue weighted by Gasteiger charge is 2.07. The predicted octanol–water partition coefficient (Wildman–Crippen LogP) is 4.74. The van der Waals surface area contributed by atoms with Gasteiger partial charge in [-0.3, -0.25) is 0 Å². The van der Waals surface area contributed by atoms with E-state index in [1.807, 2.05) is 25.1 Å². The third-order valence-electron chi connectivity index (χ3n) is 4.47. The quantitative estimate of drug-likeness (QED) is 0.266. The SMILES string of the molecule is CCNC(=NCc1cccc(CN(C)CC)c1)Nc1ccc(OCC)c(OC)c1.I. The number of nitrogens with zero attached hydrogens (tertiary/aromatic N) is 2. The van der Waals surface area contributed by atoms with Gasteiger partial charge in [-0.1, -0.05) is 31.2 Å². The number of halogens is 1. The van der Waals surface area contributed by atoms with Crippen LogP contribution in [0.1, 0.15) is 31.9 Å². The molecule has 0 unspecified atom stereocenters. The lowest BCUT2D eigenvalue weighted by atomic mass is 10.1. The van der Waals surface area contributed by atoms with E-state index in [4.69, 9.17) is 14.5 Å². The standard InChI is InChI=1S/C23H34N4O2.HI/c1-6-24-23(26-20-12-13-21(29-8-3)22(15-20)28-5)25-16-18-10-9-11-19(14-18)17-27(4)7-2;/h9-15H,6-8,16-17H2,1-5H3,(H2,24,25,26);1H. The fraction of sp³-hybridized carbons (Fsp3) is 0.435. The molecule has 30 heavy (non-hydrogen) atoms. The summed E-state index contributed by atoms with van der Waals surface area (Å²) in [5, 5.41) is 6.64. The fourth-order valence-electron chi connectivity index (χ4n) is 2.88. The molecule has 0 aliphatic rings. The summed E-state index contributed by atoms with van der Waals surface area (Å²) >= 11 is 0. The summed E-state index contributed by atoms with van der Waals surface area (Å²) < 4.78 is 11.0. The van der Waals surface area contributed by atoms with Crippen LogP contribution in [0.4, 0.5) is 5.69 Å². The Hall–Kier alpha value is -2.00. The van der Waals surface area contributed by atoms with Crippen molar-refractivity contribution in [3.63, 3.8) is 0 Å². The molecule has 0 bridgehead atoms. The minimum Gasteiger partial charge on any atom is -0.493 e. The zero-order chi connectivity index (χ0) is 21.1. The summed E-state index contributed by atoms with van der Waals surface area (Å²) in [5.41, 5.74) is 3.38. The number of ether oxygens (including phenoxy) is 2. The van der Waals surface area contributed by atoms with E-state index in [1.54, 1.807) is 7.11 Å². The van der Waals surface area contributed by atoms with Crippen molar-refractivity contribution in [1.82, 2.24) is 10.2 Å². The minimum atomic E-state index is 0. The molecule has 0 aliphatic heterocycles. The number of anilines is 1. The first-order valence-corrected chi connectivity index (χ1v) is 10.2. The Balaban J connectivity index is 0.00000450. The first-order valence-electron chi connectivity index (χ1n) is 10.2. The Kier molecular flexibility index (Phi) is 12.2. The van der Waals surface area contributed by atoms with Gasteiger partial charge in [0.1, 0.15) is 0 Å². The molecule has 0 heterocycles. The number of aliphatic imine (C=N–C) groups is 1. The average molecular weight is 526 g/mol. The third-order valence-corrected chi connectivity index (χ3v) is 4.47. The van der Waals surface area contributed by atoms with Gasteiger partial charge in [-0.2, -0.15) is 0 Å². The van der Waals surface area contributed by atoms with Gasteiger partial charge in [0.2, 0.25) is 0 Å². The van der Waals surface area contributed by atoms with Crippen molar-refractivity contribution < 1.29 is 9.47 Å². The molecule has 2 aromatic carbocycles. The summed E-state index contributed by atoms with van der Waals surface area (Å²) in [6, 6.07) is 14.4. The maximum absolute atomic E-state index is 5.59. The molecule has 2 aromatic rings. The summed E-state index contributed by atoms with van der Waals surface area (Å²) in [7, 11) is 3.77. The molecule has 0 aliphatic carbocycles. The monoisotopic (exact) mass is 526 g/mol. The number of hydrogen-bond acceptors (Lipinski definition) is 4. The molecule has 0 saturated carbocycles. The predicted molar refractivity (Wildman–Crippen MR) is 136 cm³/mol. The largest absolute Gasteiger partial charge is 0.493 e. The lowest BCUT2D eigenvalue weighted by molar-refractivity contribution is 0.311. The Labute approximate surface area is 198 Å². The van der Waals surface area contributed by atoms with Crippen LogP contribution in [0.5, 0.6) is 11.5 Å². The maximum atomic E-state index is 5.59. The number of guanidine groups is 1. The molecule has 0 fully saturated rings. The van der Waals surface area contributed by atoms with Crippen molar-refractivity contribution in [1.29, 1.82) is 0 Å². The molecule has 0 radical (unpaired) electrons. The van der Waals surface area contributed by atoms with Crippen LogP contribution in [0, 0.1) is 0 Å². The zero-order valence-corrected chi connectivity index (χ0v) is 21.0. The minimum absolute atomic E-state index is 0. The summed E-state index contributed by atoms with van der Waals surface area (Å²) in [6.07, 6.45) is 0. The van der Waals surface area contributed by atoms with E-state index in [1.165, 1.54) is 11.1 Å². The lowest BCUT2D eigenvalue weighted by Crippen LogP contribution is -2.30. The molecule has 0 spiro atoms. The van der Waals surface area contributed by atoms with Gasteiger partial charge in [0.25, 0.3) is 0 Å². The number of nitrogens with one attached hydrogen (secondary N) is 2. The van der Waals surface area contributed by atoms with Crippen molar-refractivity contribution in [3.05, 3.63) is 53.6 Å². The van der Waals surface area contributed by atoms with Gasteiger partial charge in [0.05, 0.1) is 20.3 Å². The fourth-order valence-corrected chi connectivity index (χ4v) is 2.88. The van der Waals surface area contributed by atoms with Crippen molar-refractivity contribution >= 4 is 35.6 Å². The van der Waals surface area contributed by atoms with E-state index in [9.17, 15) is 0 Å². The van der Waals surface area contributed by atoms with Gasteiger partial charge in [-0.25, -0.2) is 4.99 Å². The van der Waals surface area contributed by atoms with Crippen LogP contribution in [-0.4, -0.2) is 44.7 Å². The smallest absolute Gasteiger partial charge is 0.196 e. The summed E-state index contributed by atoms with van der Waals surface area (Å²) in [4.78, 5) is 7.03. The molecule has 0 saturated heterocycles. The highest BCUT2D eigenvalue weighted by atomic mass is 127. The van der Waals surface area contributed by atoms with E-state index >= 15 is 0 Å². The van der Waals surface area contributed by atoms with Gasteiger partial charge in [0, 0.05) is 24.8 Å².